The quantitative estimate of drug-likeness (QED) is 0.689. The van der Waals surface area contributed by atoms with Crippen molar-refractivity contribution in [1.29, 1.82) is 0 Å². The van der Waals surface area contributed by atoms with Gasteiger partial charge in [-0.15, -0.1) is 11.3 Å². The first-order valence-electron chi connectivity index (χ1n) is 6.62. The molecule has 0 aliphatic rings. The molecule has 0 saturated heterocycles. The molecule has 2 heterocycles. The predicted octanol–water partition coefficient (Wildman–Crippen LogP) is 5.39. The van der Waals surface area contributed by atoms with Crippen LogP contribution in [-0.4, -0.2) is 10.9 Å². The topological polar surface area (TPSA) is 42.0 Å². The van der Waals surface area contributed by atoms with Crippen LogP contribution in [0.2, 0.25) is 5.02 Å². The van der Waals surface area contributed by atoms with Crippen LogP contribution in [0.15, 0.2) is 35.0 Å². The molecule has 2 aromatic heterocycles. The Kier molecular flexibility index (Phi) is 4.29. The number of benzene rings is 1. The van der Waals surface area contributed by atoms with Crippen molar-refractivity contribution in [3.63, 3.8) is 0 Å². The van der Waals surface area contributed by atoms with E-state index in [1.54, 1.807) is 17.4 Å². The molecule has 0 aliphatic carbocycles. The molecule has 1 N–H and O–H groups in total. The Morgan fingerprint density at radius 3 is 2.77 bits per heavy atom. The fourth-order valence-electron chi connectivity index (χ4n) is 2.06. The van der Waals surface area contributed by atoms with Gasteiger partial charge in [-0.2, -0.15) is 11.3 Å². The lowest BCUT2D eigenvalue weighted by Gasteiger charge is -2.07. The van der Waals surface area contributed by atoms with Crippen LogP contribution < -0.4 is 5.32 Å². The van der Waals surface area contributed by atoms with E-state index in [0.29, 0.717) is 9.90 Å². The lowest BCUT2D eigenvalue weighted by atomic mass is 10.2. The monoisotopic (exact) mass is 348 g/mol. The molecule has 0 unspecified atom stereocenters. The van der Waals surface area contributed by atoms with E-state index in [1.165, 1.54) is 11.3 Å². The van der Waals surface area contributed by atoms with Gasteiger partial charge in [0, 0.05) is 21.7 Å². The maximum atomic E-state index is 12.5. The highest BCUT2D eigenvalue weighted by Gasteiger charge is 2.17. The highest BCUT2D eigenvalue weighted by atomic mass is 35.5. The first kappa shape index (κ1) is 15.2. The number of halogens is 1. The number of aryl methyl sites for hydroxylation is 2. The van der Waals surface area contributed by atoms with Gasteiger partial charge in [0.25, 0.3) is 5.91 Å². The number of thiophene rings is 1. The molecule has 1 amide bonds. The van der Waals surface area contributed by atoms with Crippen LogP contribution in [0.3, 0.4) is 0 Å². The normalized spacial score (nSPS) is 10.7. The summed E-state index contributed by atoms with van der Waals surface area (Å²) in [6, 6.07) is 7.41. The highest BCUT2D eigenvalue weighted by molar-refractivity contribution is 7.17. The van der Waals surface area contributed by atoms with Gasteiger partial charge in [0.05, 0.1) is 5.69 Å². The zero-order valence-electron chi connectivity index (χ0n) is 12.0. The molecular formula is C16H13ClN2OS2. The number of thiazole rings is 1. The van der Waals surface area contributed by atoms with Crippen molar-refractivity contribution < 1.29 is 4.79 Å². The largest absolute Gasteiger partial charge is 0.321 e. The molecule has 0 atom stereocenters. The van der Waals surface area contributed by atoms with Gasteiger partial charge in [0.15, 0.2) is 0 Å². The molecule has 3 aromatic rings. The number of nitrogens with one attached hydrogen (secondary N) is 1. The third-order valence-electron chi connectivity index (χ3n) is 3.21. The third-order valence-corrected chi connectivity index (χ3v) is 5.33. The first-order chi connectivity index (χ1) is 10.5. The Hall–Kier alpha value is -1.69. The van der Waals surface area contributed by atoms with E-state index in [2.05, 4.69) is 10.3 Å². The summed E-state index contributed by atoms with van der Waals surface area (Å²) in [7, 11) is 0. The summed E-state index contributed by atoms with van der Waals surface area (Å²) in [6.45, 7) is 3.77. The molecule has 0 fully saturated rings. The van der Waals surface area contributed by atoms with Gasteiger partial charge < -0.3 is 5.32 Å². The number of rotatable bonds is 3. The Balaban J connectivity index is 1.86. The number of hydrogen-bond donors (Lipinski definition) is 1. The van der Waals surface area contributed by atoms with Crippen LogP contribution in [0.25, 0.3) is 10.6 Å². The molecule has 3 nitrogen and oxygen atoms in total. The Morgan fingerprint density at radius 1 is 1.27 bits per heavy atom. The van der Waals surface area contributed by atoms with E-state index in [-0.39, 0.29) is 5.91 Å². The second kappa shape index (κ2) is 6.20. The average molecular weight is 349 g/mol. The number of anilines is 1. The zero-order valence-corrected chi connectivity index (χ0v) is 14.4. The standard InChI is InChI=1S/C16H13ClN2OS2/c1-9-7-12(17)3-4-13(9)19-15(20)14-10(2)18-16(22-14)11-5-6-21-8-11/h3-8H,1-2H3,(H,19,20). The molecular weight excluding hydrogens is 336 g/mol. The summed E-state index contributed by atoms with van der Waals surface area (Å²) in [5.41, 5.74) is 3.50. The van der Waals surface area contributed by atoms with Crippen molar-refractivity contribution in [2.24, 2.45) is 0 Å². The van der Waals surface area contributed by atoms with Gasteiger partial charge in [0.1, 0.15) is 9.88 Å². The second-order valence-corrected chi connectivity index (χ2v) is 7.07. The van der Waals surface area contributed by atoms with Crippen LogP contribution >= 0.6 is 34.3 Å². The lowest BCUT2D eigenvalue weighted by molar-refractivity contribution is 0.102. The predicted molar refractivity (Wildman–Crippen MR) is 94.3 cm³/mol. The summed E-state index contributed by atoms with van der Waals surface area (Å²) in [6.07, 6.45) is 0. The van der Waals surface area contributed by atoms with Crippen LogP contribution in [0, 0.1) is 13.8 Å². The van der Waals surface area contributed by atoms with Crippen molar-refractivity contribution in [1.82, 2.24) is 4.98 Å². The summed E-state index contributed by atoms with van der Waals surface area (Å²) in [5.74, 6) is -0.137. The number of carbonyl (C=O) groups is 1. The average Bonchev–Trinajstić information content (AvgIpc) is 3.10. The van der Waals surface area contributed by atoms with Gasteiger partial charge in [-0.1, -0.05) is 11.6 Å². The highest BCUT2D eigenvalue weighted by Crippen LogP contribution is 2.30. The van der Waals surface area contributed by atoms with Gasteiger partial charge in [-0.05, 0) is 49.1 Å². The van der Waals surface area contributed by atoms with E-state index in [9.17, 15) is 4.79 Å². The fraction of sp³-hybridized carbons (Fsp3) is 0.125. The minimum absolute atomic E-state index is 0.137. The molecule has 6 heteroatoms. The number of aromatic nitrogens is 1. The molecule has 0 spiro atoms. The zero-order chi connectivity index (χ0) is 15.7. The van der Waals surface area contributed by atoms with E-state index >= 15 is 0 Å². The minimum Gasteiger partial charge on any atom is -0.321 e. The Morgan fingerprint density at radius 2 is 2.09 bits per heavy atom. The Bertz CT molecular complexity index is 825. The molecule has 0 aliphatic heterocycles. The van der Waals surface area contributed by atoms with E-state index in [1.807, 2.05) is 42.8 Å². The van der Waals surface area contributed by atoms with Crippen molar-refractivity contribution in [3.8, 4) is 10.6 Å². The third kappa shape index (κ3) is 3.06. The minimum atomic E-state index is -0.137. The van der Waals surface area contributed by atoms with Crippen LogP contribution in [0.4, 0.5) is 5.69 Å². The van der Waals surface area contributed by atoms with Crippen molar-refractivity contribution in [2.75, 3.05) is 5.32 Å². The van der Waals surface area contributed by atoms with E-state index < -0.39 is 0 Å². The Labute approximate surface area is 141 Å². The summed E-state index contributed by atoms with van der Waals surface area (Å²) in [4.78, 5) is 17.6. The summed E-state index contributed by atoms with van der Waals surface area (Å²) < 4.78 is 0. The van der Waals surface area contributed by atoms with Gasteiger partial charge in [0.2, 0.25) is 0 Å². The number of amides is 1. The van der Waals surface area contributed by atoms with Crippen LogP contribution in [0.5, 0.6) is 0 Å². The van der Waals surface area contributed by atoms with Crippen molar-refractivity contribution in [2.45, 2.75) is 13.8 Å². The van der Waals surface area contributed by atoms with Crippen molar-refractivity contribution in [3.05, 3.63) is 56.2 Å². The van der Waals surface area contributed by atoms with Crippen molar-refractivity contribution >= 4 is 45.9 Å². The number of hydrogen-bond acceptors (Lipinski definition) is 4. The van der Waals surface area contributed by atoms with Gasteiger partial charge in [-0.25, -0.2) is 4.98 Å². The summed E-state index contributed by atoms with van der Waals surface area (Å²) >= 11 is 8.96. The lowest BCUT2D eigenvalue weighted by Crippen LogP contribution is -2.12. The summed E-state index contributed by atoms with van der Waals surface area (Å²) in [5, 5.41) is 8.49. The molecule has 112 valence electrons. The van der Waals surface area contributed by atoms with Crippen LogP contribution in [0.1, 0.15) is 20.9 Å². The van der Waals surface area contributed by atoms with E-state index in [0.717, 1.165) is 27.5 Å². The second-order valence-electron chi connectivity index (χ2n) is 4.86. The molecule has 22 heavy (non-hydrogen) atoms. The number of carbonyl (C=O) groups excluding carboxylic acids is 1. The maximum Gasteiger partial charge on any atom is 0.267 e. The smallest absolute Gasteiger partial charge is 0.267 e. The molecule has 0 radical (unpaired) electrons. The SMILES string of the molecule is Cc1cc(Cl)ccc1NC(=O)c1sc(-c2ccsc2)nc1C. The van der Waals surface area contributed by atoms with Gasteiger partial charge >= 0.3 is 0 Å². The van der Waals surface area contributed by atoms with Gasteiger partial charge in [-0.3, -0.25) is 4.79 Å². The molecule has 0 saturated carbocycles. The molecule has 3 rings (SSSR count). The maximum absolute atomic E-state index is 12.5. The fourth-order valence-corrected chi connectivity index (χ4v) is 3.96. The number of nitrogens with zero attached hydrogens (tertiary/aromatic N) is 1. The van der Waals surface area contributed by atoms with Crippen LogP contribution in [-0.2, 0) is 0 Å². The first-order valence-corrected chi connectivity index (χ1v) is 8.76. The molecule has 1 aromatic carbocycles. The molecule has 0 bridgehead atoms. The van der Waals surface area contributed by atoms with E-state index in [4.69, 9.17) is 11.6 Å².